The second-order valence-corrected chi connectivity index (χ2v) is 8.06. The molecule has 31 heavy (non-hydrogen) atoms. The van der Waals surface area contributed by atoms with E-state index in [1.165, 1.54) is 11.8 Å². The van der Waals surface area contributed by atoms with Crippen molar-refractivity contribution in [3.05, 3.63) is 100 Å². The Labute approximate surface area is 184 Å². The molecule has 4 rings (SSSR count). The number of para-hydroxylation sites is 1. The zero-order chi connectivity index (χ0) is 21.8. The van der Waals surface area contributed by atoms with E-state index in [-0.39, 0.29) is 23.1 Å². The van der Waals surface area contributed by atoms with Crippen LogP contribution >= 0.6 is 11.8 Å². The highest BCUT2D eigenvalue weighted by Gasteiger charge is 2.19. The number of hydrogen-bond acceptors (Lipinski definition) is 5. The molecule has 156 valence electrons. The number of carbonyl (C=O) groups excluding carboxylic acids is 1. The van der Waals surface area contributed by atoms with Gasteiger partial charge in [0.05, 0.1) is 29.8 Å². The second kappa shape index (κ2) is 9.18. The number of fused-ring (bicyclic) bond motifs is 1. The molecular formula is C25H22N2O3S. The topological polar surface area (TPSA) is 61.2 Å². The van der Waals surface area contributed by atoms with E-state index in [9.17, 15) is 9.59 Å². The Kier molecular flexibility index (Phi) is 6.18. The first-order valence-corrected chi connectivity index (χ1v) is 10.9. The Balaban J connectivity index is 1.72. The first-order chi connectivity index (χ1) is 15.1. The van der Waals surface area contributed by atoms with E-state index in [1.54, 1.807) is 42.0 Å². The van der Waals surface area contributed by atoms with Crippen molar-refractivity contribution in [2.45, 2.75) is 18.1 Å². The lowest BCUT2D eigenvalue weighted by atomic mass is 10.1. The molecule has 5 nitrogen and oxygen atoms in total. The Hall–Kier alpha value is -3.38. The van der Waals surface area contributed by atoms with Crippen molar-refractivity contribution in [1.82, 2.24) is 9.55 Å². The minimum atomic E-state index is -0.222. The first-order valence-electron chi connectivity index (χ1n) is 9.95. The average Bonchev–Trinajstić information content (AvgIpc) is 2.83. The lowest BCUT2D eigenvalue weighted by Gasteiger charge is -2.20. The van der Waals surface area contributed by atoms with Crippen LogP contribution in [0.5, 0.6) is 5.75 Å². The van der Waals surface area contributed by atoms with Gasteiger partial charge in [0.25, 0.3) is 5.56 Å². The zero-order valence-electron chi connectivity index (χ0n) is 17.3. The molecule has 0 spiro atoms. The van der Waals surface area contributed by atoms with Gasteiger partial charge in [-0.3, -0.25) is 14.2 Å². The molecule has 1 unspecified atom stereocenters. The molecule has 3 aromatic carbocycles. The molecule has 0 radical (unpaired) electrons. The number of aromatic nitrogens is 2. The van der Waals surface area contributed by atoms with Gasteiger partial charge in [0.15, 0.2) is 10.9 Å². The number of nitrogens with zero attached hydrogens (tertiary/aromatic N) is 2. The summed E-state index contributed by atoms with van der Waals surface area (Å²) in [4.78, 5) is 30.9. The van der Waals surface area contributed by atoms with Gasteiger partial charge in [-0.1, -0.05) is 66.4 Å². The van der Waals surface area contributed by atoms with Gasteiger partial charge in [-0.25, -0.2) is 4.98 Å². The van der Waals surface area contributed by atoms with Gasteiger partial charge in [-0.05, 0) is 36.8 Å². The minimum Gasteiger partial charge on any atom is -0.497 e. The molecule has 0 fully saturated rings. The van der Waals surface area contributed by atoms with Crippen molar-refractivity contribution < 1.29 is 9.53 Å². The number of thioether (sulfide) groups is 1. The van der Waals surface area contributed by atoms with Crippen molar-refractivity contribution in [3.8, 4) is 5.75 Å². The van der Waals surface area contributed by atoms with Crippen LogP contribution in [0.1, 0.15) is 28.9 Å². The number of hydrogen-bond donors (Lipinski definition) is 0. The number of Topliss-reactive ketones (excluding diaryl/α,β-unsaturated/α-hetero) is 1. The summed E-state index contributed by atoms with van der Waals surface area (Å²) in [6.07, 6.45) is 0. The Morgan fingerprint density at radius 3 is 2.55 bits per heavy atom. The molecule has 1 aromatic heterocycles. The standard InChI is InChI=1S/C25H22N2O3S/c1-17(18-9-4-3-5-10-18)27-24(29)21-13-6-7-14-22(21)26-25(27)31-16-23(28)19-11-8-12-20(15-19)30-2/h3-15,17H,16H2,1-2H3. The predicted molar refractivity (Wildman–Crippen MR) is 124 cm³/mol. The quantitative estimate of drug-likeness (QED) is 0.235. The molecule has 0 saturated carbocycles. The van der Waals surface area contributed by atoms with Crippen molar-refractivity contribution in [3.63, 3.8) is 0 Å². The SMILES string of the molecule is COc1cccc(C(=O)CSc2nc3ccccc3c(=O)n2C(C)c2ccccc2)c1. The Bertz CT molecular complexity index is 1280. The molecule has 1 heterocycles. The maximum Gasteiger partial charge on any atom is 0.262 e. The van der Waals surface area contributed by atoms with Crippen molar-refractivity contribution >= 4 is 28.4 Å². The van der Waals surface area contributed by atoms with Crippen LogP contribution in [-0.4, -0.2) is 28.2 Å². The van der Waals surface area contributed by atoms with E-state index in [2.05, 4.69) is 0 Å². The highest BCUT2D eigenvalue weighted by molar-refractivity contribution is 7.99. The van der Waals surface area contributed by atoms with E-state index in [4.69, 9.17) is 9.72 Å². The third-order valence-corrected chi connectivity index (χ3v) is 6.12. The van der Waals surface area contributed by atoms with Gasteiger partial charge in [-0.15, -0.1) is 0 Å². The maximum atomic E-state index is 13.4. The average molecular weight is 431 g/mol. The van der Waals surface area contributed by atoms with Gasteiger partial charge in [-0.2, -0.15) is 0 Å². The monoisotopic (exact) mass is 430 g/mol. The van der Waals surface area contributed by atoms with Crippen molar-refractivity contribution in [2.24, 2.45) is 0 Å². The molecule has 0 aliphatic carbocycles. The van der Waals surface area contributed by atoms with Crippen LogP contribution in [0.25, 0.3) is 10.9 Å². The van der Waals surface area contributed by atoms with Crippen LogP contribution in [0.2, 0.25) is 0 Å². The van der Waals surface area contributed by atoms with E-state index in [0.29, 0.717) is 27.4 Å². The fourth-order valence-corrected chi connectivity index (χ4v) is 4.43. The highest BCUT2D eigenvalue weighted by Crippen LogP contribution is 2.26. The Morgan fingerprint density at radius 2 is 1.77 bits per heavy atom. The van der Waals surface area contributed by atoms with Crippen LogP contribution < -0.4 is 10.3 Å². The molecule has 0 aliphatic heterocycles. The fourth-order valence-electron chi connectivity index (χ4n) is 3.46. The lowest BCUT2D eigenvalue weighted by molar-refractivity contribution is 0.102. The predicted octanol–water partition coefficient (Wildman–Crippen LogP) is 4.99. The van der Waals surface area contributed by atoms with Gasteiger partial charge in [0.1, 0.15) is 5.75 Å². The van der Waals surface area contributed by atoms with Gasteiger partial charge >= 0.3 is 0 Å². The molecule has 0 saturated heterocycles. The number of methoxy groups -OCH3 is 1. The molecule has 0 amide bonds. The van der Waals surface area contributed by atoms with E-state index < -0.39 is 0 Å². The van der Waals surface area contributed by atoms with E-state index in [1.807, 2.05) is 55.5 Å². The number of ketones is 1. The van der Waals surface area contributed by atoms with Gasteiger partial charge < -0.3 is 4.74 Å². The normalized spacial score (nSPS) is 11.9. The molecule has 6 heteroatoms. The van der Waals surface area contributed by atoms with Crippen LogP contribution in [0, 0.1) is 0 Å². The van der Waals surface area contributed by atoms with Crippen molar-refractivity contribution in [2.75, 3.05) is 12.9 Å². The number of benzene rings is 3. The van der Waals surface area contributed by atoms with E-state index >= 15 is 0 Å². The molecular weight excluding hydrogens is 408 g/mol. The molecule has 0 bridgehead atoms. The van der Waals surface area contributed by atoms with Crippen LogP contribution in [0.4, 0.5) is 0 Å². The molecule has 0 aliphatic rings. The second-order valence-electron chi connectivity index (χ2n) is 7.12. The summed E-state index contributed by atoms with van der Waals surface area (Å²) in [5.74, 6) is 0.749. The maximum absolute atomic E-state index is 13.4. The van der Waals surface area contributed by atoms with E-state index in [0.717, 1.165) is 5.56 Å². The number of carbonyl (C=O) groups is 1. The third kappa shape index (κ3) is 4.39. The third-order valence-electron chi connectivity index (χ3n) is 5.17. The summed E-state index contributed by atoms with van der Waals surface area (Å²) in [5, 5.41) is 1.09. The Morgan fingerprint density at radius 1 is 1.03 bits per heavy atom. The van der Waals surface area contributed by atoms with Crippen molar-refractivity contribution in [1.29, 1.82) is 0 Å². The van der Waals surface area contributed by atoms with Crippen LogP contribution in [0.15, 0.2) is 88.8 Å². The van der Waals surface area contributed by atoms with Crippen LogP contribution in [-0.2, 0) is 0 Å². The lowest BCUT2D eigenvalue weighted by Crippen LogP contribution is -2.27. The number of ether oxygens (including phenoxy) is 1. The van der Waals surface area contributed by atoms with Gasteiger partial charge in [0.2, 0.25) is 0 Å². The summed E-state index contributed by atoms with van der Waals surface area (Å²) >= 11 is 1.28. The summed E-state index contributed by atoms with van der Waals surface area (Å²) < 4.78 is 6.90. The fraction of sp³-hybridized carbons (Fsp3) is 0.160. The molecule has 0 N–H and O–H groups in total. The number of rotatable bonds is 7. The summed E-state index contributed by atoms with van der Waals surface area (Å²) in [7, 11) is 1.57. The smallest absolute Gasteiger partial charge is 0.262 e. The minimum absolute atomic E-state index is 0.0507. The van der Waals surface area contributed by atoms with Crippen LogP contribution in [0.3, 0.4) is 0 Å². The highest BCUT2D eigenvalue weighted by atomic mass is 32.2. The van der Waals surface area contributed by atoms with Gasteiger partial charge in [0, 0.05) is 5.56 Å². The zero-order valence-corrected chi connectivity index (χ0v) is 18.1. The molecule has 1 atom stereocenters. The summed E-state index contributed by atoms with van der Waals surface area (Å²) in [5.41, 5.74) is 2.08. The summed E-state index contributed by atoms with van der Waals surface area (Å²) in [6, 6.07) is 24.0. The first kappa shape index (κ1) is 20.9. The largest absolute Gasteiger partial charge is 0.497 e. The summed E-state index contributed by atoms with van der Waals surface area (Å²) in [6.45, 7) is 1.97. The molecule has 4 aromatic rings.